The molecule has 0 radical (unpaired) electrons. The molecule has 0 amide bonds. The molecule has 0 rings (SSSR count). The second-order valence-corrected chi connectivity index (χ2v) is 3.38. The second kappa shape index (κ2) is 4.91. The highest BCUT2D eigenvalue weighted by Gasteiger charge is 2.59. The lowest BCUT2D eigenvalue weighted by Gasteiger charge is -2.28. The standard InChI is InChI=1S/C7H8F9N/c8-5(9,10)2-1-3(17)4(6(11,12)13)7(14,15)16/h3-4H,1-2,17H2. The molecule has 1 atom stereocenters. The van der Waals surface area contributed by atoms with Gasteiger partial charge in [-0.3, -0.25) is 0 Å². The SMILES string of the molecule is NC(CCC(F)(F)F)C(C(F)(F)F)C(F)(F)F. The molecule has 17 heavy (non-hydrogen) atoms. The average molecular weight is 277 g/mol. The molecule has 0 spiro atoms. The predicted molar refractivity (Wildman–Crippen MR) is 38.9 cm³/mol. The fourth-order valence-electron chi connectivity index (χ4n) is 1.17. The molecular formula is C7H8F9N. The first-order chi connectivity index (χ1) is 7.25. The predicted octanol–water partition coefficient (Wildman–Crippen LogP) is 3.40. The zero-order chi connectivity index (χ0) is 14.1. The zero-order valence-electron chi connectivity index (χ0n) is 8.05. The minimum Gasteiger partial charge on any atom is -0.327 e. The van der Waals surface area contributed by atoms with Crippen molar-refractivity contribution < 1.29 is 39.5 Å². The molecule has 0 saturated heterocycles. The van der Waals surface area contributed by atoms with Crippen LogP contribution in [0.15, 0.2) is 0 Å². The first-order valence-corrected chi connectivity index (χ1v) is 4.21. The van der Waals surface area contributed by atoms with Crippen LogP contribution in [0.2, 0.25) is 0 Å². The lowest BCUT2D eigenvalue weighted by atomic mass is 9.95. The first kappa shape index (κ1) is 16.3. The van der Waals surface area contributed by atoms with Crippen LogP contribution in [0.25, 0.3) is 0 Å². The van der Waals surface area contributed by atoms with Gasteiger partial charge in [0.05, 0.1) is 0 Å². The van der Waals surface area contributed by atoms with Gasteiger partial charge in [0.25, 0.3) is 0 Å². The summed E-state index contributed by atoms with van der Waals surface area (Å²) in [5.41, 5.74) is 4.56. The van der Waals surface area contributed by atoms with Gasteiger partial charge in [-0.25, -0.2) is 0 Å². The summed E-state index contributed by atoms with van der Waals surface area (Å²) in [5, 5.41) is 0. The fourth-order valence-corrected chi connectivity index (χ4v) is 1.17. The molecule has 1 nitrogen and oxygen atoms in total. The molecule has 0 aliphatic carbocycles. The Hall–Kier alpha value is -0.670. The van der Waals surface area contributed by atoms with E-state index in [0.717, 1.165) is 0 Å². The Morgan fingerprint density at radius 2 is 1.12 bits per heavy atom. The van der Waals surface area contributed by atoms with E-state index in [1.165, 1.54) is 0 Å². The highest BCUT2D eigenvalue weighted by molar-refractivity contribution is 4.85. The summed E-state index contributed by atoms with van der Waals surface area (Å²) < 4.78 is 107. The normalized spacial score (nSPS) is 16.4. The van der Waals surface area contributed by atoms with Crippen LogP contribution in [0.3, 0.4) is 0 Å². The second-order valence-electron chi connectivity index (χ2n) is 3.38. The van der Waals surface area contributed by atoms with Gasteiger partial charge in [0.1, 0.15) is 0 Å². The van der Waals surface area contributed by atoms with Crippen LogP contribution >= 0.6 is 0 Å². The van der Waals surface area contributed by atoms with Gasteiger partial charge in [-0.05, 0) is 6.42 Å². The molecule has 10 heteroatoms. The van der Waals surface area contributed by atoms with E-state index in [9.17, 15) is 39.5 Å². The molecule has 2 N–H and O–H groups in total. The quantitative estimate of drug-likeness (QED) is 0.786. The van der Waals surface area contributed by atoms with E-state index in [-0.39, 0.29) is 0 Å². The summed E-state index contributed by atoms with van der Waals surface area (Å²) in [6, 6.07) is -2.67. The molecule has 0 aromatic carbocycles. The molecule has 0 heterocycles. The minimum absolute atomic E-state index is 1.44. The Morgan fingerprint density at radius 3 is 1.35 bits per heavy atom. The lowest BCUT2D eigenvalue weighted by molar-refractivity contribution is -0.290. The van der Waals surface area contributed by atoms with E-state index in [0.29, 0.717) is 0 Å². The molecule has 104 valence electrons. The molecule has 0 aliphatic rings. The first-order valence-electron chi connectivity index (χ1n) is 4.21. The Morgan fingerprint density at radius 1 is 0.765 bits per heavy atom. The molecule has 0 aliphatic heterocycles. The van der Waals surface area contributed by atoms with Crippen LogP contribution in [0.1, 0.15) is 12.8 Å². The number of hydrogen-bond donors (Lipinski definition) is 1. The largest absolute Gasteiger partial charge is 0.401 e. The van der Waals surface area contributed by atoms with Crippen LogP contribution in [0.4, 0.5) is 39.5 Å². The van der Waals surface area contributed by atoms with Crippen molar-refractivity contribution in [3.8, 4) is 0 Å². The van der Waals surface area contributed by atoms with Crippen molar-refractivity contribution >= 4 is 0 Å². The molecule has 0 fully saturated rings. The van der Waals surface area contributed by atoms with Crippen molar-refractivity contribution in [2.24, 2.45) is 11.7 Å². The number of alkyl halides is 9. The van der Waals surface area contributed by atoms with Crippen molar-refractivity contribution in [3.05, 3.63) is 0 Å². The van der Waals surface area contributed by atoms with E-state index in [1.807, 2.05) is 0 Å². The Labute approximate surface area is 89.8 Å². The van der Waals surface area contributed by atoms with Crippen molar-refractivity contribution in [1.29, 1.82) is 0 Å². The van der Waals surface area contributed by atoms with Gasteiger partial charge < -0.3 is 5.73 Å². The van der Waals surface area contributed by atoms with Gasteiger partial charge in [-0.15, -0.1) is 0 Å². The molecule has 1 unspecified atom stereocenters. The van der Waals surface area contributed by atoms with Crippen LogP contribution in [-0.4, -0.2) is 24.6 Å². The number of halogens is 9. The molecule has 0 aromatic heterocycles. The summed E-state index contributed by atoms with van der Waals surface area (Å²) in [6.07, 6.45) is -19.5. The molecule has 0 aromatic rings. The number of hydrogen-bond acceptors (Lipinski definition) is 1. The third-order valence-corrected chi connectivity index (χ3v) is 1.89. The Bertz CT molecular complexity index is 223. The van der Waals surface area contributed by atoms with Gasteiger partial charge in [0, 0.05) is 12.5 Å². The molecule has 0 bridgehead atoms. The zero-order valence-corrected chi connectivity index (χ0v) is 8.05. The van der Waals surface area contributed by atoms with Crippen molar-refractivity contribution in [2.75, 3.05) is 0 Å². The highest BCUT2D eigenvalue weighted by Crippen LogP contribution is 2.42. The van der Waals surface area contributed by atoms with Crippen LogP contribution in [-0.2, 0) is 0 Å². The van der Waals surface area contributed by atoms with E-state index in [1.54, 1.807) is 0 Å². The summed E-state index contributed by atoms with van der Waals surface area (Å²) in [4.78, 5) is 0. The topological polar surface area (TPSA) is 26.0 Å². The van der Waals surface area contributed by atoms with E-state index in [2.05, 4.69) is 5.73 Å². The van der Waals surface area contributed by atoms with E-state index >= 15 is 0 Å². The van der Waals surface area contributed by atoms with Gasteiger partial charge in [0.2, 0.25) is 0 Å². The fraction of sp³-hybridized carbons (Fsp3) is 1.00. The molecular weight excluding hydrogens is 269 g/mol. The highest BCUT2D eigenvalue weighted by atomic mass is 19.4. The van der Waals surface area contributed by atoms with Crippen LogP contribution in [0, 0.1) is 5.92 Å². The maximum atomic E-state index is 12.0. The van der Waals surface area contributed by atoms with Gasteiger partial charge in [-0.1, -0.05) is 0 Å². The third kappa shape index (κ3) is 5.99. The van der Waals surface area contributed by atoms with Gasteiger partial charge in [0.15, 0.2) is 5.92 Å². The minimum atomic E-state index is -5.72. The van der Waals surface area contributed by atoms with Crippen LogP contribution in [0.5, 0.6) is 0 Å². The summed E-state index contributed by atoms with van der Waals surface area (Å²) >= 11 is 0. The smallest absolute Gasteiger partial charge is 0.327 e. The summed E-state index contributed by atoms with van der Waals surface area (Å²) in [5.74, 6) is -3.95. The maximum absolute atomic E-state index is 12.0. The van der Waals surface area contributed by atoms with Crippen molar-refractivity contribution in [3.63, 3.8) is 0 Å². The third-order valence-electron chi connectivity index (χ3n) is 1.89. The van der Waals surface area contributed by atoms with Gasteiger partial charge >= 0.3 is 18.5 Å². The monoisotopic (exact) mass is 277 g/mol. The van der Waals surface area contributed by atoms with Crippen LogP contribution < -0.4 is 5.73 Å². The van der Waals surface area contributed by atoms with Crippen molar-refractivity contribution in [2.45, 2.75) is 37.4 Å². The molecule has 0 saturated carbocycles. The lowest BCUT2D eigenvalue weighted by Crippen LogP contribution is -2.49. The Kier molecular flexibility index (Phi) is 4.71. The summed E-state index contributed by atoms with van der Waals surface area (Å²) in [7, 11) is 0. The van der Waals surface area contributed by atoms with Crippen molar-refractivity contribution in [1.82, 2.24) is 0 Å². The summed E-state index contributed by atoms with van der Waals surface area (Å²) in [6.45, 7) is 0. The number of nitrogens with two attached hydrogens (primary N) is 1. The Balaban J connectivity index is 4.74. The van der Waals surface area contributed by atoms with E-state index in [4.69, 9.17) is 0 Å². The average Bonchev–Trinajstić information content (AvgIpc) is 1.93. The maximum Gasteiger partial charge on any atom is 0.401 e. The van der Waals surface area contributed by atoms with E-state index < -0.39 is 43.3 Å². The van der Waals surface area contributed by atoms with Gasteiger partial charge in [-0.2, -0.15) is 39.5 Å². The number of rotatable bonds is 3.